The van der Waals surface area contributed by atoms with E-state index < -0.39 is 0 Å². The number of aromatic nitrogens is 1. The predicted octanol–water partition coefficient (Wildman–Crippen LogP) is 2.54. The van der Waals surface area contributed by atoms with Crippen molar-refractivity contribution in [2.45, 2.75) is 24.8 Å². The number of nitrogens with zero attached hydrogens (tertiary/aromatic N) is 3. The van der Waals surface area contributed by atoms with Gasteiger partial charge in [-0.15, -0.1) is 11.3 Å². The Morgan fingerprint density at radius 1 is 1.18 bits per heavy atom. The van der Waals surface area contributed by atoms with Crippen molar-refractivity contribution in [3.05, 3.63) is 47.0 Å². The molecule has 2 saturated heterocycles. The van der Waals surface area contributed by atoms with Gasteiger partial charge in [-0.05, 0) is 44.5 Å². The van der Waals surface area contributed by atoms with Gasteiger partial charge in [0.05, 0.1) is 0 Å². The Labute approximate surface area is 170 Å². The highest BCUT2D eigenvalue weighted by molar-refractivity contribution is 7.15. The summed E-state index contributed by atoms with van der Waals surface area (Å²) in [6.07, 6.45) is 4.23. The molecule has 4 rings (SSSR count). The summed E-state index contributed by atoms with van der Waals surface area (Å²) in [5.41, 5.74) is 1.04. The molecule has 1 unspecified atom stereocenters. The summed E-state index contributed by atoms with van der Waals surface area (Å²) in [6, 6.07) is 9.82. The molecule has 6 nitrogen and oxygen atoms in total. The molecule has 2 aliphatic heterocycles. The van der Waals surface area contributed by atoms with Crippen molar-refractivity contribution in [2.75, 3.05) is 51.6 Å². The molecule has 0 aliphatic carbocycles. The van der Waals surface area contributed by atoms with Crippen molar-refractivity contribution in [2.24, 2.45) is 0 Å². The molecule has 28 heavy (non-hydrogen) atoms. The van der Waals surface area contributed by atoms with E-state index in [4.69, 9.17) is 0 Å². The fraction of sp³-hybridized carbons (Fsp3) is 0.524. The van der Waals surface area contributed by atoms with Crippen molar-refractivity contribution >= 4 is 22.4 Å². The van der Waals surface area contributed by atoms with Crippen LogP contribution in [0.25, 0.3) is 0 Å². The first kappa shape index (κ1) is 19.5. The molecule has 0 saturated carbocycles. The molecule has 150 valence electrons. The average molecular weight is 400 g/mol. The van der Waals surface area contributed by atoms with Crippen molar-refractivity contribution in [1.82, 2.24) is 20.1 Å². The normalized spacial score (nSPS) is 20.8. The molecule has 7 heteroatoms. The van der Waals surface area contributed by atoms with Gasteiger partial charge in [-0.25, -0.2) is 4.98 Å². The first-order valence-electron chi connectivity index (χ1n) is 10.2. The van der Waals surface area contributed by atoms with E-state index in [9.17, 15) is 4.79 Å². The monoisotopic (exact) mass is 399 g/mol. The molecule has 2 fully saturated rings. The SMILES string of the molecule is CN1CCN(C(C(=O)Nc2ncc(C3CCNCC3)s2)c2ccccc2)CC1. The van der Waals surface area contributed by atoms with Crippen LogP contribution in [-0.2, 0) is 4.79 Å². The van der Waals surface area contributed by atoms with Gasteiger partial charge in [-0.1, -0.05) is 30.3 Å². The lowest BCUT2D eigenvalue weighted by atomic mass is 9.97. The third-order valence-corrected chi connectivity index (χ3v) is 6.84. The van der Waals surface area contributed by atoms with Gasteiger partial charge in [-0.2, -0.15) is 0 Å². The van der Waals surface area contributed by atoms with Crippen LogP contribution < -0.4 is 10.6 Å². The van der Waals surface area contributed by atoms with Crippen molar-refractivity contribution in [1.29, 1.82) is 0 Å². The third-order valence-electron chi connectivity index (χ3n) is 5.76. The Kier molecular flexibility index (Phi) is 6.36. The lowest BCUT2D eigenvalue weighted by Crippen LogP contribution is -2.48. The summed E-state index contributed by atoms with van der Waals surface area (Å²) in [5.74, 6) is 0.578. The summed E-state index contributed by atoms with van der Waals surface area (Å²) in [7, 11) is 2.13. The van der Waals surface area contributed by atoms with Crippen LogP contribution in [0.5, 0.6) is 0 Å². The topological polar surface area (TPSA) is 60.5 Å². The van der Waals surface area contributed by atoms with Crippen molar-refractivity contribution in [3.63, 3.8) is 0 Å². The van der Waals surface area contributed by atoms with Crippen LogP contribution in [-0.4, -0.2) is 67.0 Å². The predicted molar refractivity (Wildman–Crippen MR) is 114 cm³/mol. The summed E-state index contributed by atoms with van der Waals surface area (Å²) < 4.78 is 0. The number of piperidine rings is 1. The second kappa shape index (κ2) is 9.13. The van der Waals surface area contributed by atoms with Gasteiger partial charge in [0.15, 0.2) is 5.13 Å². The zero-order valence-corrected chi connectivity index (χ0v) is 17.3. The van der Waals surface area contributed by atoms with E-state index in [1.54, 1.807) is 11.3 Å². The maximum absolute atomic E-state index is 13.3. The summed E-state index contributed by atoms with van der Waals surface area (Å²) in [6.45, 7) is 5.86. The van der Waals surface area contributed by atoms with Gasteiger partial charge in [-0.3, -0.25) is 9.69 Å². The Hall–Kier alpha value is -1.80. The Bertz CT molecular complexity index is 766. The first-order chi connectivity index (χ1) is 13.7. The minimum atomic E-state index is -0.277. The van der Waals surface area contributed by atoms with Crippen molar-refractivity contribution in [3.8, 4) is 0 Å². The number of carbonyl (C=O) groups excluding carboxylic acids is 1. The largest absolute Gasteiger partial charge is 0.317 e. The molecule has 1 aromatic carbocycles. The smallest absolute Gasteiger partial charge is 0.248 e. The number of piperazine rings is 1. The summed E-state index contributed by atoms with van der Waals surface area (Å²) in [4.78, 5) is 23.7. The molecule has 1 aromatic heterocycles. The van der Waals surface area contributed by atoms with E-state index in [-0.39, 0.29) is 11.9 Å². The van der Waals surface area contributed by atoms with Gasteiger partial charge in [0.25, 0.3) is 0 Å². The molecule has 2 aromatic rings. The van der Waals surface area contributed by atoms with E-state index in [1.165, 1.54) is 4.88 Å². The number of carbonyl (C=O) groups is 1. The highest BCUT2D eigenvalue weighted by Gasteiger charge is 2.30. The van der Waals surface area contributed by atoms with E-state index in [2.05, 4.69) is 32.5 Å². The highest BCUT2D eigenvalue weighted by atomic mass is 32.1. The number of benzene rings is 1. The maximum atomic E-state index is 13.3. The second-order valence-electron chi connectivity index (χ2n) is 7.73. The van der Waals surface area contributed by atoms with E-state index >= 15 is 0 Å². The number of thiazole rings is 1. The fourth-order valence-corrected chi connectivity index (χ4v) is 5.04. The molecule has 1 amide bonds. The average Bonchev–Trinajstić information content (AvgIpc) is 3.20. The molecule has 2 N–H and O–H groups in total. The molecule has 3 heterocycles. The lowest BCUT2D eigenvalue weighted by Gasteiger charge is -2.37. The first-order valence-corrected chi connectivity index (χ1v) is 11.0. The van der Waals surface area contributed by atoms with Crippen LogP contribution in [0.3, 0.4) is 0 Å². The van der Waals surface area contributed by atoms with Gasteiger partial charge >= 0.3 is 0 Å². The number of anilines is 1. The van der Waals surface area contributed by atoms with Gasteiger partial charge < -0.3 is 15.5 Å². The van der Waals surface area contributed by atoms with Crippen LogP contribution in [0.15, 0.2) is 36.5 Å². The fourth-order valence-electron chi connectivity index (χ4n) is 4.06. The number of nitrogens with one attached hydrogen (secondary N) is 2. The van der Waals surface area contributed by atoms with Crippen LogP contribution in [0.2, 0.25) is 0 Å². The molecular weight excluding hydrogens is 370 g/mol. The van der Waals surface area contributed by atoms with E-state index in [0.29, 0.717) is 11.0 Å². The summed E-state index contributed by atoms with van der Waals surface area (Å²) in [5, 5.41) is 7.22. The van der Waals surface area contributed by atoms with Gasteiger partial charge in [0, 0.05) is 37.3 Å². The molecular formula is C21H29N5OS. The lowest BCUT2D eigenvalue weighted by molar-refractivity contribution is -0.122. The molecule has 0 spiro atoms. The molecule has 2 aliphatic rings. The Balaban J connectivity index is 1.48. The van der Waals surface area contributed by atoms with Gasteiger partial charge in [0.2, 0.25) is 5.91 Å². The second-order valence-corrected chi connectivity index (χ2v) is 8.80. The molecule has 1 atom stereocenters. The number of rotatable bonds is 5. The highest BCUT2D eigenvalue weighted by Crippen LogP contribution is 2.32. The number of likely N-dealkylation sites (N-methyl/N-ethyl adjacent to an activating group) is 1. The van der Waals surface area contributed by atoms with Crippen LogP contribution in [0.1, 0.15) is 35.2 Å². The van der Waals surface area contributed by atoms with Crippen molar-refractivity contribution < 1.29 is 4.79 Å². The standard InChI is InChI=1S/C21H29N5OS/c1-25-11-13-26(14-12-25)19(17-5-3-2-4-6-17)20(27)24-21-23-15-18(28-21)16-7-9-22-10-8-16/h2-6,15-16,19,22H,7-14H2,1H3,(H,23,24,27). The molecule has 0 radical (unpaired) electrons. The van der Waals surface area contributed by atoms with Crippen LogP contribution in [0, 0.1) is 0 Å². The van der Waals surface area contributed by atoms with E-state index in [0.717, 1.165) is 57.7 Å². The van der Waals surface area contributed by atoms with Crippen LogP contribution in [0.4, 0.5) is 5.13 Å². The quantitative estimate of drug-likeness (QED) is 0.809. The zero-order valence-electron chi connectivity index (χ0n) is 16.4. The Morgan fingerprint density at radius 3 is 2.61 bits per heavy atom. The maximum Gasteiger partial charge on any atom is 0.248 e. The third kappa shape index (κ3) is 4.60. The summed E-state index contributed by atoms with van der Waals surface area (Å²) >= 11 is 1.63. The Morgan fingerprint density at radius 2 is 1.89 bits per heavy atom. The number of hydrogen-bond acceptors (Lipinski definition) is 6. The zero-order chi connectivity index (χ0) is 19.3. The van der Waals surface area contributed by atoms with E-state index in [1.807, 2.05) is 36.5 Å². The molecule has 0 bridgehead atoms. The number of hydrogen-bond donors (Lipinski definition) is 2. The minimum absolute atomic E-state index is 0.0157. The number of amides is 1. The van der Waals surface area contributed by atoms with Crippen LogP contribution >= 0.6 is 11.3 Å². The minimum Gasteiger partial charge on any atom is -0.317 e. The van der Waals surface area contributed by atoms with Gasteiger partial charge in [0.1, 0.15) is 6.04 Å².